The van der Waals surface area contributed by atoms with Crippen molar-refractivity contribution in [1.29, 1.82) is 5.26 Å². The van der Waals surface area contributed by atoms with Crippen LogP contribution in [0.2, 0.25) is 0 Å². The molecular weight excluding hydrogens is 150 g/mol. The predicted octanol–water partition coefficient (Wildman–Crippen LogP) is 1.19. The summed E-state index contributed by atoms with van der Waals surface area (Å²) in [6.45, 7) is 2.35. The number of hydrogen-bond donors (Lipinski definition) is 2. The third-order valence-corrected chi connectivity index (χ3v) is 1.65. The monoisotopic (exact) mass is 161 g/mol. The van der Waals surface area contributed by atoms with Gasteiger partial charge in [0, 0.05) is 5.69 Å². The summed E-state index contributed by atoms with van der Waals surface area (Å²) in [5.74, 6) is 0. The van der Waals surface area contributed by atoms with Gasteiger partial charge in [-0.15, -0.1) is 0 Å². The molecule has 0 aliphatic carbocycles. The van der Waals surface area contributed by atoms with E-state index in [1.54, 1.807) is 6.07 Å². The number of nitrogens with one attached hydrogen (secondary N) is 1. The molecule has 1 aromatic carbocycles. The number of benzene rings is 1. The van der Waals surface area contributed by atoms with E-state index >= 15 is 0 Å². The highest BCUT2D eigenvalue weighted by Crippen LogP contribution is 2.14. The van der Waals surface area contributed by atoms with Gasteiger partial charge in [-0.05, 0) is 30.7 Å². The van der Waals surface area contributed by atoms with Gasteiger partial charge in [0.25, 0.3) is 0 Å². The molecule has 0 aromatic heterocycles. The summed E-state index contributed by atoms with van der Waals surface area (Å²) in [6.07, 6.45) is 0. The fraction of sp³-hybridized carbons (Fsp3) is 0.222. The van der Waals surface area contributed by atoms with E-state index in [0.29, 0.717) is 12.2 Å². The van der Waals surface area contributed by atoms with Gasteiger partial charge in [0.15, 0.2) is 0 Å². The van der Waals surface area contributed by atoms with Gasteiger partial charge in [0.05, 0.1) is 18.3 Å². The molecule has 0 aliphatic rings. The van der Waals surface area contributed by atoms with Crippen molar-refractivity contribution in [2.24, 2.45) is 5.73 Å². The first-order chi connectivity index (χ1) is 5.77. The maximum atomic E-state index is 8.59. The van der Waals surface area contributed by atoms with Crippen molar-refractivity contribution in [1.82, 2.24) is 0 Å². The minimum atomic E-state index is 0.409. The van der Waals surface area contributed by atoms with E-state index in [4.69, 9.17) is 11.0 Å². The maximum absolute atomic E-state index is 8.59. The molecule has 3 nitrogen and oxygen atoms in total. The molecule has 0 aliphatic heterocycles. The molecule has 3 heteroatoms. The number of hydrogen-bond acceptors (Lipinski definition) is 3. The number of nitrogens with two attached hydrogens (primary N) is 1. The summed E-state index contributed by atoms with van der Waals surface area (Å²) in [5.41, 5.74) is 8.02. The normalized spacial score (nSPS) is 9.08. The Bertz CT molecular complexity index is 312. The van der Waals surface area contributed by atoms with Crippen LogP contribution in [-0.2, 0) is 0 Å². The lowest BCUT2D eigenvalue weighted by molar-refractivity contribution is 1.13. The number of rotatable bonds is 2. The molecule has 0 bridgehead atoms. The minimum absolute atomic E-state index is 0.409. The van der Waals surface area contributed by atoms with Crippen LogP contribution in [0.3, 0.4) is 0 Å². The van der Waals surface area contributed by atoms with Crippen LogP contribution < -0.4 is 11.1 Å². The molecule has 0 saturated carbocycles. The lowest BCUT2D eigenvalue weighted by Gasteiger charge is -2.06. The van der Waals surface area contributed by atoms with Crippen LogP contribution >= 0.6 is 0 Å². The van der Waals surface area contributed by atoms with Gasteiger partial charge in [-0.25, -0.2) is 0 Å². The Morgan fingerprint density at radius 3 is 2.83 bits per heavy atom. The van der Waals surface area contributed by atoms with Gasteiger partial charge >= 0.3 is 0 Å². The van der Waals surface area contributed by atoms with E-state index in [-0.39, 0.29) is 0 Å². The van der Waals surface area contributed by atoms with Crippen molar-refractivity contribution in [3.05, 3.63) is 29.3 Å². The second kappa shape index (κ2) is 3.74. The molecular formula is C9H11N3. The van der Waals surface area contributed by atoms with E-state index in [1.807, 2.05) is 19.1 Å². The molecule has 0 amide bonds. The van der Waals surface area contributed by atoms with E-state index in [1.165, 1.54) is 0 Å². The van der Waals surface area contributed by atoms with Gasteiger partial charge in [-0.2, -0.15) is 5.26 Å². The second-order valence-electron chi connectivity index (χ2n) is 2.52. The van der Waals surface area contributed by atoms with E-state index < -0.39 is 0 Å². The smallest absolute Gasteiger partial charge is 0.0991 e. The van der Waals surface area contributed by atoms with Gasteiger partial charge in [0.1, 0.15) is 0 Å². The molecule has 3 N–H and O–H groups in total. The van der Waals surface area contributed by atoms with Crippen LogP contribution in [0, 0.1) is 18.3 Å². The number of anilines is 1. The first kappa shape index (κ1) is 8.57. The summed E-state index contributed by atoms with van der Waals surface area (Å²) in [6, 6.07) is 7.54. The zero-order valence-corrected chi connectivity index (χ0v) is 6.96. The Balaban J connectivity index is 2.97. The highest BCUT2D eigenvalue weighted by molar-refractivity contribution is 5.53. The average Bonchev–Trinajstić information content (AvgIpc) is 2.09. The van der Waals surface area contributed by atoms with Gasteiger partial charge in [0.2, 0.25) is 0 Å². The van der Waals surface area contributed by atoms with Gasteiger partial charge < -0.3 is 11.1 Å². The third-order valence-electron chi connectivity index (χ3n) is 1.65. The van der Waals surface area contributed by atoms with Crippen LogP contribution in [0.25, 0.3) is 0 Å². The molecule has 12 heavy (non-hydrogen) atoms. The minimum Gasteiger partial charge on any atom is -0.372 e. The number of nitrogens with zero attached hydrogens (tertiary/aromatic N) is 1. The highest BCUT2D eigenvalue weighted by atomic mass is 15.0. The standard InChI is InChI=1S/C9H11N3/c1-7-4-8(5-10)2-3-9(7)12-6-11/h2-4,12H,6,11H2,1H3. The molecule has 0 unspecified atom stereocenters. The SMILES string of the molecule is Cc1cc(C#N)ccc1NCN. The molecule has 1 aromatic rings. The lowest BCUT2D eigenvalue weighted by atomic mass is 10.1. The Hall–Kier alpha value is -1.53. The van der Waals surface area contributed by atoms with Gasteiger partial charge in [-0.1, -0.05) is 0 Å². The van der Waals surface area contributed by atoms with Crippen LogP contribution in [-0.4, -0.2) is 6.67 Å². The molecule has 0 heterocycles. The quantitative estimate of drug-likeness (QED) is 0.640. The van der Waals surface area contributed by atoms with E-state index in [9.17, 15) is 0 Å². The first-order valence-electron chi connectivity index (χ1n) is 3.72. The molecule has 1 rings (SSSR count). The Morgan fingerprint density at radius 1 is 1.58 bits per heavy atom. The Kier molecular flexibility index (Phi) is 2.67. The average molecular weight is 161 g/mol. The fourth-order valence-corrected chi connectivity index (χ4v) is 1.04. The summed E-state index contributed by atoms with van der Waals surface area (Å²) in [5, 5.41) is 11.6. The maximum Gasteiger partial charge on any atom is 0.0991 e. The van der Waals surface area contributed by atoms with Crippen molar-refractivity contribution in [2.45, 2.75) is 6.92 Å². The van der Waals surface area contributed by atoms with E-state index in [0.717, 1.165) is 11.3 Å². The first-order valence-corrected chi connectivity index (χ1v) is 3.72. The molecule has 0 fully saturated rings. The zero-order valence-electron chi connectivity index (χ0n) is 6.96. The predicted molar refractivity (Wildman–Crippen MR) is 48.6 cm³/mol. The summed E-state index contributed by atoms with van der Waals surface area (Å²) in [7, 11) is 0. The van der Waals surface area contributed by atoms with Gasteiger partial charge in [-0.3, -0.25) is 0 Å². The van der Waals surface area contributed by atoms with Crippen molar-refractivity contribution in [3.63, 3.8) is 0 Å². The van der Waals surface area contributed by atoms with Crippen molar-refractivity contribution >= 4 is 5.69 Å². The van der Waals surface area contributed by atoms with E-state index in [2.05, 4.69) is 11.4 Å². The molecule has 0 spiro atoms. The summed E-state index contributed by atoms with van der Waals surface area (Å²) in [4.78, 5) is 0. The zero-order chi connectivity index (χ0) is 8.97. The van der Waals surface area contributed by atoms with Crippen molar-refractivity contribution in [3.8, 4) is 6.07 Å². The van der Waals surface area contributed by atoms with Crippen LogP contribution in [0.4, 0.5) is 5.69 Å². The number of aryl methyl sites for hydroxylation is 1. The van der Waals surface area contributed by atoms with Crippen LogP contribution in [0.5, 0.6) is 0 Å². The molecule has 62 valence electrons. The topological polar surface area (TPSA) is 61.8 Å². The largest absolute Gasteiger partial charge is 0.372 e. The van der Waals surface area contributed by atoms with Crippen molar-refractivity contribution in [2.75, 3.05) is 12.0 Å². The number of nitriles is 1. The molecule has 0 atom stereocenters. The van der Waals surface area contributed by atoms with Crippen LogP contribution in [0.15, 0.2) is 18.2 Å². The molecule has 0 saturated heterocycles. The second-order valence-corrected chi connectivity index (χ2v) is 2.52. The Morgan fingerprint density at radius 2 is 2.33 bits per heavy atom. The fourth-order valence-electron chi connectivity index (χ4n) is 1.04. The third kappa shape index (κ3) is 1.74. The Labute approximate surface area is 71.8 Å². The molecule has 0 radical (unpaired) electrons. The lowest BCUT2D eigenvalue weighted by Crippen LogP contribution is -2.11. The van der Waals surface area contributed by atoms with Crippen molar-refractivity contribution < 1.29 is 0 Å². The highest BCUT2D eigenvalue weighted by Gasteiger charge is 1.96. The summed E-state index contributed by atoms with van der Waals surface area (Å²) < 4.78 is 0. The van der Waals surface area contributed by atoms with Crippen LogP contribution in [0.1, 0.15) is 11.1 Å². The summed E-state index contributed by atoms with van der Waals surface area (Å²) >= 11 is 0.